The molecule has 0 radical (unpaired) electrons. The van der Waals surface area contributed by atoms with Crippen molar-refractivity contribution in [2.24, 2.45) is 0 Å². The molecular weight excluding hydrogens is 434 g/mol. The van der Waals surface area contributed by atoms with Crippen molar-refractivity contribution in [1.29, 1.82) is 0 Å². The highest BCUT2D eigenvalue weighted by atomic mass is 32.2. The molecule has 1 fully saturated rings. The number of hydrogen-bond donors (Lipinski definition) is 3. The molecule has 1 aliphatic rings. The summed E-state index contributed by atoms with van der Waals surface area (Å²) in [5, 5.41) is 2.86. The lowest BCUT2D eigenvalue weighted by atomic mass is 10.2. The highest BCUT2D eigenvalue weighted by Crippen LogP contribution is 2.21. The van der Waals surface area contributed by atoms with Gasteiger partial charge < -0.3 is 20.0 Å². The summed E-state index contributed by atoms with van der Waals surface area (Å²) in [6.45, 7) is 3.26. The molecule has 1 atom stereocenters. The van der Waals surface area contributed by atoms with Gasteiger partial charge >= 0.3 is 5.69 Å². The van der Waals surface area contributed by atoms with E-state index in [9.17, 15) is 18.0 Å². The zero-order valence-electron chi connectivity index (χ0n) is 17.8. The van der Waals surface area contributed by atoms with Crippen molar-refractivity contribution in [3.63, 3.8) is 0 Å². The maximum absolute atomic E-state index is 12.9. The van der Waals surface area contributed by atoms with E-state index >= 15 is 0 Å². The fourth-order valence-corrected chi connectivity index (χ4v) is 5.17. The van der Waals surface area contributed by atoms with E-state index in [1.54, 1.807) is 37.3 Å². The first kappa shape index (κ1) is 22.1. The number of imidazole rings is 1. The van der Waals surface area contributed by atoms with Crippen LogP contribution in [0.5, 0.6) is 5.75 Å². The number of rotatable bonds is 6. The molecule has 1 aliphatic heterocycles. The van der Waals surface area contributed by atoms with Crippen LogP contribution in [0.15, 0.2) is 52.2 Å². The van der Waals surface area contributed by atoms with Crippen LogP contribution < -0.4 is 15.7 Å². The second-order valence-electron chi connectivity index (χ2n) is 7.62. The molecule has 0 bridgehead atoms. The zero-order valence-corrected chi connectivity index (χ0v) is 18.6. The topological polar surface area (TPSA) is 128 Å². The number of methoxy groups -OCH3 is 1. The van der Waals surface area contributed by atoms with Gasteiger partial charge in [0.15, 0.2) is 0 Å². The molecule has 1 aromatic heterocycles. The number of anilines is 1. The third-order valence-electron chi connectivity index (χ3n) is 5.68. The number of sulfonamides is 1. The number of benzene rings is 2. The Morgan fingerprint density at radius 3 is 2.34 bits per heavy atom. The molecule has 2 heterocycles. The van der Waals surface area contributed by atoms with Crippen LogP contribution in [0.4, 0.5) is 5.69 Å². The van der Waals surface area contributed by atoms with Crippen LogP contribution in [-0.2, 0) is 14.8 Å². The van der Waals surface area contributed by atoms with Gasteiger partial charge in [-0.15, -0.1) is 0 Å². The number of carbonyl (C=O) groups is 1. The molecule has 0 aliphatic carbocycles. The Labute approximate surface area is 185 Å². The van der Waals surface area contributed by atoms with Gasteiger partial charge in [0.05, 0.1) is 29.1 Å². The molecule has 2 aromatic carbocycles. The number of aromatic amines is 2. The van der Waals surface area contributed by atoms with Gasteiger partial charge in [-0.1, -0.05) is 0 Å². The molecule has 11 heteroatoms. The van der Waals surface area contributed by atoms with Gasteiger partial charge in [0.2, 0.25) is 15.9 Å². The third-order valence-corrected chi connectivity index (χ3v) is 7.59. The number of piperazine rings is 1. The largest absolute Gasteiger partial charge is 0.497 e. The number of amides is 1. The van der Waals surface area contributed by atoms with Crippen molar-refractivity contribution in [2.75, 3.05) is 38.6 Å². The first-order valence-electron chi connectivity index (χ1n) is 10.2. The lowest BCUT2D eigenvalue weighted by Gasteiger charge is -2.36. The van der Waals surface area contributed by atoms with Gasteiger partial charge in [-0.25, -0.2) is 13.2 Å². The second-order valence-corrected chi connectivity index (χ2v) is 9.56. The minimum atomic E-state index is -3.61. The van der Waals surface area contributed by atoms with Gasteiger partial charge in [0.25, 0.3) is 0 Å². The van der Waals surface area contributed by atoms with E-state index in [0.29, 0.717) is 48.6 Å². The molecule has 3 N–H and O–H groups in total. The average Bonchev–Trinajstić information content (AvgIpc) is 3.18. The Kier molecular flexibility index (Phi) is 6.04. The molecule has 4 rings (SSSR count). The summed E-state index contributed by atoms with van der Waals surface area (Å²) in [6.07, 6.45) is 0. The molecule has 10 nitrogen and oxygen atoms in total. The van der Waals surface area contributed by atoms with E-state index in [0.717, 1.165) is 0 Å². The van der Waals surface area contributed by atoms with Gasteiger partial charge in [0.1, 0.15) is 5.75 Å². The fraction of sp³-hybridized carbons (Fsp3) is 0.333. The quantitative estimate of drug-likeness (QED) is 0.508. The van der Waals surface area contributed by atoms with Crippen molar-refractivity contribution in [3.8, 4) is 5.75 Å². The maximum Gasteiger partial charge on any atom is 0.323 e. The smallest absolute Gasteiger partial charge is 0.323 e. The third kappa shape index (κ3) is 4.40. The summed E-state index contributed by atoms with van der Waals surface area (Å²) in [4.78, 5) is 31.6. The summed E-state index contributed by atoms with van der Waals surface area (Å²) in [5.41, 5.74) is 1.54. The Balaban J connectivity index is 1.37. The number of nitrogens with zero attached hydrogens (tertiary/aromatic N) is 2. The maximum atomic E-state index is 12.9. The Morgan fingerprint density at radius 1 is 1.03 bits per heavy atom. The molecule has 0 unspecified atom stereocenters. The van der Waals surface area contributed by atoms with E-state index < -0.39 is 16.1 Å². The molecule has 32 heavy (non-hydrogen) atoms. The number of H-pyrrole nitrogens is 2. The summed E-state index contributed by atoms with van der Waals surface area (Å²) in [5.74, 6) is 0.393. The number of hydrogen-bond acceptors (Lipinski definition) is 6. The first-order chi connectivity index (χ1) is 15.3. The zero-order chi connectivity index (χ0) is 22.9. The fourth-order valence-electron chi connectivity index (χ4n) is 3.75. The van der Waals surface area contributed by atoms with Crippen LogP contribution in [0.1, 0.15) is 6.92 Å². The average molecular weight is 460 g/mol. The SMILES string of the molecule is COc1ccc(S(=O)(=O)N2CCN([C@@H](C)C(=O)Nc3ccc4[nH]c(=O)[nH]c4c3)CC2)cc1. The monoisotopic (exact) mass is 459 g/mol. The molecule has 0 spiro atoms. The number of aromatic nitrogens is 2. The number of nitrogens with one attached hydrogen (secondary N) is 3. The Hall–Kier alpha value is -3.15. The summed E-state index contributed by atoms with van der Waals surface area (Å²) in [7, 11) is -2.08. The van der Waals surface area contributed by atoms with E-state index in [2.05, 4.69) is 15.3 Å². The van der Waals surface area contributed by atoms with Crippen LogP contribution >= 0.6 is 0 Å². The van der Waals surface area contributed by atoms with Crippen LogP contribution in [0, 0.1) is 0 Å². The molecule has 1 saturated heterocycles. The van der Waals surface area contributed by atoms with Gasteiger partial charge in [-0.3, -0.25) is 9.69 Å². The van der Waals surface area contributed by atoms with E-state index in [1.165, 1.54) is 23.5 Å². The standard InChI is InChI=1S/C21H25N5O5S/c1-14(20(27)22-15-3-8-18-19(13-15)24-21(28)23-18)25-9-11-26(12-10-25)32(29,30)17-6-4-16(31-2)5-7-17/h3-8,13-14H,9-12H2,1-2H3,(H,22,27)(H2,23,24,28)/t14-/m0/s1. The predicted octanol–water partition coefficient (Wildman–Crippen LogP) is 1.20. The van der Waals surface area contributed by atoms with Gasteiger partial charge in [0, 0.05) is 31.9 Å². The minimum Gasteiger partial charge on any atom is -0.497 e. The minimum absolute atomic E-state index is 0.200. The second kappa shape index (κ2) is 8.77. The highest BCUT2D eigenvalue weighted by Gasteiger charge is 2.31. The van der Waals surface area contributed by atoms with Crippen molar-refractivity contribution in [2.45, 2.75) is 17.9 Å². The van der Waals surface area contributed by atoms with Crippen LogP contribution in [0.2, 0.25) is 0 Å². The van der Waals surface area contributed by atoms with Gasteiger partial charge in [-0.05, 0) is 49.4 Å². The van der Waals surface area contributed by atoms with Crippen LogP contribution in [-0.4, -0.2) is 72.8 Å². The normalized spacial score (nSPS) is 16.7. The first-order valence-corrected chi connectivity index (χ1v) is 11.6. The predicted molar refractivity (Wildman–Crippen MR) is 120 cm³/mol. The van der Waals surface area contributed by atoms with E-state index in [-0.39, 0.29) is 16.5 Å². The molecule has 0 saturated carbocycles. The lowest BCUT2D eigenvalue weighted by molar-refractivity contribution is -0.121. The lowest BCUT2D eigenvalue weighted by Crippen LogP contribution is -2.53. The van der Waals surface area contributed by atoms with Crippen molar-refractivity contribution in [1.82, 2.24) is 19.2 Å². The Bertz CT molecular complexity index is 1270. The Morgan fingerprint density at radius 2 is 1.69 bits per heavy atom. The summed E-state index contributed by atoms with van der Waals surface area (Å²) >= 11 is 0. The van der Waals surface area contributed by atoms with Gasteiger partial charge in [-0.2, -0.15) is 4.31 Å². The molecule has 170 valence electrons. The summed E-state index contributed by atoms with van der Waals surface area (Å²) in [6, 6.07) is 11.0. The van der Waals surface area contributed by atoms with E-state index in [1.807, 2.05) is 4.90 Å². The van der Waals surface area contributed by atoms with Crippen molar-refractivity contribution in [3.05, 3.63) is 52.9 Å². The number of ether oxygens (including phenoxy) is 1. The van der Waals surface area contributed by atoms with E-state index in [4.69, 9.17) is 4.74 Å². The molecule has 1 amide bonds. The van der Waals surface area contributed by atoms with Crippen molar-refractivity contribution < 1.29 is 17.9 Å². The van der Waals surface area contributed by atoms with Crippen LogP contribution in [0.25, 0.3) is 11.0 Å². The summed E-state index contributed by atoms with van der Waals surface area (Å²) < 4.78 is 32.3. The van der Waals surface area contributed by atoms with Crippen molar-refractivity contribution >= 4 is 32.7 Å². The number of carbonyl (C=O) groups excluding carboxylic acids is 1. The molecule has 3 aromatic rings. The highest BCUT2D eigenvalue weighted by molar-refractivity contribution is 7.89. The molecular formula is C21H25N5O5S. The van der Waals surface area contributed by atoms with Crippen LogP contribution in [0.3, 0.4) is 0 Å². The number of fused-ring (bicyclic) bond motifs is 1.